The number of rotatable bonds is 8. The Labute approximate surface area is 402 Å². The molecular weight excluding hydrogens is 833 g/mol. The zero-order valence-electron chi connectivity index (χ0n) is 38.2. The number of fused-ring (bicyclic) bond motifs is 12. The van der Waals surface area contributed by atoms with Gasteiger partial charge in [0, 0.05) is 34.1 Å². The van der Waals surface area contributed by atoms with Crippen molar-refractivity contribution in [2.45, 2.75) is 6.92 Å². The van der Waals surface area contributed by atoms with E-state index in [1.54, 1.807) is 0 Å². The highest BCUT2D eigenvalue weighted by atomic mass is 15.1. The molecule has 2 heteroatoms. The van der Waals surface area contributed by atoms with E-state index < -0.39 is 0 Å². The topological polar surface area (TPSA) is 6.48 Å². The quantitative estimate of drug-likeness (QED) is 0.140. The van der Waals surface area contributed by atoms with Crippen molar-refractivity contribution in [1.29, 1.82) is 0 Å². The molecule has 0 heterocycles. The smallest absolute Gasteiger partial charge is 0.0468 e. The van der Waals surface area contributed by atoms with Crippen molar-refractivity contribution in [3.63, 3.8) is 0 Å². The Morgan fingerprint density at radius 3 is 0.826 bits per heavy atom. The second kappa shape index (κ2) is 16.7. The van der Waals surface area contributed by atoms with Gasteiger partial charge in [0.1, 0.15) is 0 Å². The van der Waals surface area contributed by atoms with E-state index in [0.29, 0.717) is 0 Å². The van der Waals surface area contributed by atoms with E-state index in [2.05, 4.69) is 278 Å². The fourth-order valence-corrected chi connectivity index (χ4v) is 10.8. The van der Waals surface area contributed by atoms with Gasteiger partial charge in [-0.15, -0.1) is 0 Å². The van der Waals surface area contributed by atoms with Crippen molar-refractivity contribution in [2.75, 3.05) is 9.80 Å². The van der Waals surface area contributed by atoms with E-state index in [-0.39, 0.29) is 0 Å². The minimum Gasteiger partial charge on any atom is -0.310 e. The first-order chi connectivity index (χ1) is 34.1. The average molecular weight is 879 g/mol. The van der Waals surface area contributed by atoms with Crippen LogP contribution >= 0.6 is 0 Å². The van der Waals surface area contributed by atoms with Gasteiger partial charge in [0.2, 0.25) is 0 Å². The first-order valence-corrected chi connectivity index (χ1v) is 23.8. The third-order valence-corrected chi connectivity index (χ3v) is 14.0. The molecule has 0 aliphatic heterocycles. The van der Waals surface area contributed by atoms with Crippen molar-refractivity contribution in [2.24, 2.45) is 0 Å². The lowest BCUT2D eigenvalue weighted by Gasteiger charge is -2.27. The first kappa shape index (κ1) is 40.3. The van der Waals surface area contributed by atoms with Gasteiger partial charge in [0.15, 0.2) is 0 Å². The van der Waals surface area contributed by atoms with Crippen LogP contribution in [0.2, 0.25) is 0 Å². The predicted molar refractivity (Wildman–Crippen MR) is 296 cm³/mol. The number of anilines is 6. The summed E-state index contributed by atoms with van der Waals surface area (Å²) in [5.41, 5.74) is 12.6. The first-order valence-electron chi connectivity index (χ1n) is 23.8. The minimum absolute atomic E-state index is 1.09. The van der Waals surface area contributed by atoms with E-state index in [0.717, 1.165) is 45.3 Å². The molecule has 0 spiro atoms. The maximum Gasteiger partial charge on any atom is 0.0468 e. The lowest BCUT2D eigenvalue weighted by molar-refractivity contribution is 1.27. The van der Waals surface area contributed by atoms with Gasteiger partial charge >= 0.3 is 0 Å². The van der Waals surface area contributed by atoms with Crippen LogP contribution < -0.4 is 9.80 Å². The van der Waals surface area contributed by atoms with Crippen LogP contribution in [0.1, 0.15) is 5.56 Å². The van der Waals surface area contributed by atoms with E-state index in [9.17, 15) is 0 Å². The van der Waals surface area contributed by atoms with Crippen molar-refractivity contribution in [1.82, 2.24) is 0 Å². The number of benzene rings is 13. The summed E-state index contributed by atoms with van der Waals surface area (Å²) in [4.78, 5) is 4.78. The molecule has 0 fully saturated rings. The van der Waals surface area contributed by atoms with Crippen LogP contribution in [-0.2, 0) is 0 Å². The second-order valence-corrected chi connectivity index (χ2v) is 18.2. The molecule has 0 unspecified atom stereocenters. The summed E-state index contributed by atoms with van der Waals surface area (Å²) in [6, 6.07) is 95.6. The van der Waals surface area contributed by atoms with Crippen molar-refractivity contribution < 1.29 is 0 Å². The SMILES string of the molecule is Cc1cccc(N(c2ccc(-c3ccc(N(c4ccc(-c5ccccc5)cc4)c4ccc5c6ccccc6c6ccccc6c5c4)cc3)cc2)c2ccc3c4ccccc4c4ccccc4c3c2)c1. The predicted octanol–water partition coefficient (Wildman–Crippen LogP) is 19.2. The Bertz CT molecular complexity index is 3990. The molecule has 0 aromatic heterocycles. The molecule has 0 bridgehead atoms. The maximum atomic E-state index is 2.39. The number of nitrogens with zero attached hydrogens (tertiary/aromatic N) is 2. The van der Waals surface area contributed by atoms with Crippen LogP contribution in [-0.4, -0.2) is 0 Å². The molecule has 0 saturated carbocycles. The Balaban J connectivity index is 0.890. The summed E-state index contributed by atoms with van der Waals surface area (Å²) in [5, 5.41) is 15.2. The molecule has 0 N–H and O–H groups in total. The van der Waals surface area contributed by atoms with Gasteiger partial charge in [-0.1, -0.05) is 188 Å². The Morgan fingerprint density at radius 2 is 0.464 bits per heavy atom. The summed E-state index contributed by atoms with van der Waals surface area (Å²) in [6.07, 6.45) is 0. The lowest BCUT2D eigenvalue weighted by atomic mass is 9.94. The van der Waals surface area contributed by atoms with E-state index >= 15 is 0 Å². The van der Waals surface area contributed by atoms with Gasteiger partial charge in [-0.25, -0.2) is 0 Å². The summed E-state index contributed by atoms with van der Waals surface area (Å²) in [6.45, 7) is 2.17. The van der Waals surface area contributed by atoms with Crippen molar-refractivity contribution in [3.8, 4) is 22.3 Å². The van der Waals surface area contributed by atoms with E-state index in [1.165, 1.54) is 81.3 Å². The molecule has 69 heavy (non-hydrogen) atoms. The molecular formula is C67H46N2. The highest BCUT2D eigenvalue weighted by Gasteiger charge is 2.19. The van der Waals surface area contributed by atoms with Crippen molar-refractivity contribution >= 4 is 98.8 Å². The number of hydrogen-bond donors (Lipinski definition) is 0. The summed E-state index contributed by atoms with van der Waals surface area (Å²) in [7, 11) is 0. The third kappa shape index (κ3) is 7.05. The highest BCUT2D eigenvalue weighted by molar-refractivity contribution is 6.27. The highest BCUT2D eigenvalue weighted by Crippen LogP contribution is 2.44. The maximum absolute atomic E-state index is 2.39. The Kier molecular flexibility index (Phi) is 9.77. The van der Waals surface area contributed by atoms with Gasteiger partial charge in [-0.3, -0.25) is 0 Å². The van der Waals surface area contributed by atoms with Crippen LogP contribution in [0.3, 0.4) is 0 Å². The number of hydrogen-bond acceptors (Lipinski definition) is 2. The van der Waals surface area contributed by atoms with Crippen LogP contribution in [0.25, 0.3) is 86.9 Å². The van der Waals surface area contributed by atoms with Gasteiger partial charge in [0.05, 0.1) is 0 Å². The standard InChI is InChI=1S/C67H46N2/c1-45-14-13-17-53(42-45)69(55-39-41-65-61-23-8-6-19-57(61)59-21-10-12-25-63(59)67(65)44-55)52-36-30-49(31-37-52)48-28-34-51(35-29-48)68(50-32-26-47(27-33-50)46-15-3-2-4-16-46)54-38-40-64-60-22-7-5-18-56(60)58-20-9-11-24-62(58)66(64)43-54/h2-44H,1H3. The molecule has 0 atom stereocenters. The van der Waals surface area contributed by atoms with E-state index in [4.69, 9.17) is 0 Å². The Hall–Kier alpha value is -8.98. The fraction of sp³-hybridized carbons (Fsp3) is 0.0149. The molecule has 0 amide bonds. The van der Waals surface area contributed by atoms with Crippen LogP contribution in [0.15, 0.2) is 261 Å². The minimum atomic E-state index is 1.09. The van der Waals surface area contributed by atoms with Gasteiger partial charge < -0.3 is 9.80 Å². The average Bonchev–Trinajstić information content (AvgIpc) is 3.42. The van der Waals surface area contributed by atoms with Gasteiger partial charge in [-0.2, -0.15) is 0 Å². The molecule has 2 nitrogen and oxygen atoms in total. The van der Waals surface area contributed by atoms with Crippen LogP contribution in [0.4, 0.5) is 34.1 Å². The zero-order valence-corrected chi connectivity index (χ0v) is 38.2. The zero-order chi connectivity index (χ0) is 45.8. The molecule has 0 saturated heterocycles. The van der Waals surface area contributed by atoms with Crippen LogP contribution in [0, 0.1) is 6.92 Å². The third-order valence-electron chi connectivity index (χ3n) is 14.0. The van der Waals surface area contributed by atoms with Crippen molar-refractivity contribution in [3.05, 3.63) is 266 Å². The Morgan fingerprint density at radius 1 is 0.188 bits per heavy atom. The lowest BCUT2D eigenvalue weighted by Crippen LogP contribution is -2.10. The molecule has 324 valence electrons. The molecule has 0 aliphatic carbocycles. The molecule has 0 radical (unpaired) electrons. The summed E-state index contributed by atoms with van der Waals surface area (Å²) in [5.74, 6) is 0. The largest absolute Gasteiger partial charge is 0.310 e. The van der Waals surface area contributed by atoms with E-state index in [1.807, 2.05) is 0 Å². The fourth-order valence-electron chi connectivity index (χ4n) is 10.8. The van der Waals surface area contributed by atoms with Gasteiger partial charge in [0.25, 0.3) is 0 Å². The second-order valence-electron chi connectivity index (χ2n) is 18.2. The molecule has 13 aromatic carbocycles. The normalized spacial score (nSPS) is 11.6. The molecule has 13 rings (SSSR count). The monoisotopic (exact) mass is 878 g/mol. The van der Waals surface area contributed by atoms with Gasteiger partial charge in [-0.05, 0) is 172 Å². The summed E-state index contributed by atoms with van der Waals surface area (Å²) < 4.78 is 0. The summed E-state index contributed by atoms with van der Waals surface area (Å²) >= 11 is 0. The molecule has 13 aromatic rings. The molecule has 0 aliphatic rings. The van der Waals surface area contributed by atoms with Crippen LogP contribution in [0.5, 0.6) is 0 Å². The number of aryl methyl sites for hydroxylation is 1.